The minimum absolute atomic E-state index is 1.03. The lowest BCUT2D eigenvalue weighted by Gasteiger charge is -2.09. The van der Waals surface area contributed by atoms with Crippen molar-refractivity contribution in [2.75, 3.05) is 0 Å². The molecular weight excluding hydrogens is 544 g/mol. The fourth-order valence-corrected chi connectivity index (χ4v) is 4.45. The van der Waals surface area contributed by atoms with Crippen LogP contribution in [-0.2, 0) is 0 Å². The molecule has 0 aliphatic heterocycles. The largest absolute Gasteiger partial charge is 0.0508 e. The maximum atomic E-state index is 3.60. The first-order valence-electron chi connectivity index (χ1n) is 4.58. The standard InChI is InChI=1S/C12H5Br5/c13-7-1-6(2-8(14)3-7)10-4-9(15)5-11(16)12(10)17/h1-5H. The van der Waals surface area contributed by atoms with Gasteiger partial charge >= 0.3 is 0 Å². The van der Waals surface area contributed by atoms with Crippen LogP contribution >= 0.6 is 79.6 Å². The highest BCUT2D eigenvalue weighted by Crippen LogP contribution is 2.38. The Kier molecular flexibility index (Phi) is 4.92. The van der Waals surface area contributed by atoms with E-state index >= 15 is 0 Å². The molecule has 0 aliphatic rings. The summed E-state index contributed by atoms with van der Waals surface area (Å²) in [4.78, 5) is 0. The van der Waals surface area contributed by atoms with Gasteiger partial charge in [0.15, 0.2) is 0 Å². The average molecular weight is 549 g/mol. The molecule has 2 rings (SSSR count). The minimum Gasteiger partial charge on any atom is -0.0508 e. The van der Waals surface area contributed by atoms with Crippen LogP contribution in [0.1, 0.15) is 0 Å². The number of benzene rings is 2. The molecule has 0 fully saturated rings. The van der Waals surface area contributed by atoms with Crippen LogP contribution in [0.15, 0.2) is 52.7 Å². The molecule has 0 radical (unpaired) electrons. The van der Waals surface area contributed by atoms with Gasteiger partial charge in [0.1, 0.15) is 0 Å². The van der Waals surface area contributed by atoms with Gasteiger partial charge in [0.2, 0.25) is 0 Å². The van der Waals surface area contributed by atoms with Gasteiger partial charge in [-0.25, -0.2) is 0 Å². The molecule has 5 heteroatoms. The van der Waals surface area contributed by atoms with Gasteiger partial charge in [0.05, 0.1) is 0 Å². The Labute approximate surface area is 142 Å². The second-order valence-electron chi connectivity index (χ2n) is 3.41. The molecule has 0 saturated carbocycles. The lowest BCUT2D eigenvalue weighted by Crippen LogP contribution is -1.83. The lowest BCUT2D eigenvalue weighted by molar-refractivity contribution is 1.50. The number of hydrogen-bond acceptors (Lipinski definition) is 0. The summed E-state index contributed by atoms with van der Waals surface area (Å²) in [5, 5.41) is 0. The van der Waals surface area contributed by atoms with E-state index in [0.29, 0.717) is 0 Å². The van der Waals surface area contributed by atoms with Crippen molar-refractivity contribution in [3.8, 4) is 11.1 Å². The summed E-state index contributed by atoms with van der Waals surface area (Å²) in [6.45, 7) is 0. The second kappa shape index (κ2) is 5.87. The van der Waals surface area contributed by atoms with Crippen LogP contribution in [0.5, 0.6) is 0 Å². The summed E-state index contributed by atoms with van der Waals surface area (Å²) in [6.07, 6.45) is 0. The molecule has 0 heterocycles. The zero-order chi connectivity index (χ0) is 12.6. The van der Waals surface area contributed by atoms with Crippen molar-refractivity contribution < 1.29 is 0 Å². The third kappa shape index (κ3) is 3.44. The Morgan fingerprint density at radius 2 is 1.12 bits per heavy atom. The average Bonchev–Trinajstić information content (AvgIpc) is 2.22. The van der Waals surface area contributed by atoms with Crippen molar-refractivity contribution in [1.29, 1.82) is 0 Å². The van der Waals surface area contributed by atoms with Crippen LogP contribution in [-0.4, -0.2) is 0 Å². The lowest BCUT2D eigenvalue weighted by atomic mass is 10.1. The number of halogens is 5. The van der Waals surface area contributed by atoms with E-state index in [2.05, 4.69) is 97.8 Å². The maximum Gasteiger partial charge on any atom is 0.0396 e. The minimum atomic E-state index is 1.03. The molecule has 0 spiro atoms. The Balaban J connectivity index is 2.67. The summed E-state index contributed by atoms with van der Waals surface area (Å²) in [5.41, 5.74) is 2.27. The van der Waals surface area contributed by atoms with Crippen molar-refractivity contribution in [2.45, 2.75) is 0 Å². The van der Waals surface area contributed by atoms with Crippen LogP contribution in [0.2, 0.25) is 0 Å². The van der Waals surface area contributed by atoms with Crippen LogP contribution < -0.4 is 0 Å². The number of rotatable bonds is 1. The molecule has 0 unspecified atom stereocenters. The van der Waals surface area contributed by atoms with E-state index in [1.165, 1.54) is 0 Å². The Morgan fingerprint density at radius 1 is 0.588 bits per heavy atom. The molecule has 0 N–H and O–H groups in total. The normalized spacial score (nSPS) is 10.6. The van der Waals surface area contributed by atoms with E-state index < -0.39 is 0 Å². The van der Waals surface area contributed by atoms with E-state index in [4.69, 9.17) is 0 Å². The molecule has 0 bridgehead atoms. The Morgan fingerprint density at radius 3 is 1.71 bits per heavy atom. The summed E-state index contributed by atoms with van der Waals surface area (Å²) in [7, 11) is 0. The van der Waals surface area contributed by atoms with E-state index in [9.17, 15) is 0 Å². The predicted molar refractivity (Wildman–Crippen MR) is 90.4 cm³/mol. The van der Waals surface area contributed by atoms with E-state index in [0.717, 1.165) is 33.5 Å². The molecule has 88 valence electrons. The highest BCUT2D eigenvalue weighted by atomic mass is 79.9. The topological polar surface area (TPSA) is 0 Å². The van der Waals surface area contributed by atoms with Gasteiger partial charge in [-0.1, -0.05) is 47.8 Å². The van der Waals surface area contributed by atoms with Gasteiger partial charge in [-0.3, -0.25) is 0 Å². The molecule has 0 aromatic heterocycles. The molecule has 0 aliphatic carbocycles. The predicted octanol–water partition coefficient (Wildman–Crippen LogP) is 7.17. The molecule has 2 aromatic rings. The molecule has 0 saturated heterocycles. The van der Waals surface area contributed by atoms with Crippen molar-refractivity contribution in [2.24, 2.45) is 0 Å². The van der Waals surface area contributed by atoms with Gasteiger partial charge in [-0.05, 0) is 73.3 Å². The van der Waals surface area contributed by atoms with E-state index in [-0.39, 0.29) is 0 Å². The van der Waals surface area contributed by atoms with Gasteiger partial charge in [-0.2, -0.15) is 0 Å². The summed E-state index contributed by atoms with van der Waals surface area (Å²) >= 11 is 17.6. The van der Waals surface area contributed by atoms with Crippen LogP contribution in [0, 0.1) is 0 Å². The molecular formula is C12H5Br5. The van der Waals surface area contributed by atoms with Crippen LogP contribution in [0.4, 0.5) is 0 Å². The van der Waals surface area contributed by atoms with Gasteiger partial charge < -0.3 is 0 Å². The van der Waals surface area contributed by atoms with Crippen LogP contribution in [0.25, 0.3) is 11.1 Å². The van der Waals surface area contributed by atoms with Crippen molar-refractivity contribution in [3.05, 3.63) is 52.7 Å². The van der Waals surface area contributed by atoms with Gasteiger partial charge in [0, 0.05) is 22.4 Å². The summed E-state index contributed by atoms with van der Waals surface area (Å²) < 4.78 is 5.21. The van der Waals surface area contributed by atoms with E-state index in [1.54, 1.807) is 0 Å². The first-order chi connectivity index (χ1) is 7.97. The third-order valence-electron chi connectivity index (χ3n) is 2.17. The smallest absolute Gasteiger partial charge is 0.0396 e. The SMILES string of the molecule is Brc1cc(Br)cc(-c2cc(Br)cc(Br)c2Br)c1. The van der Waals surface area contributed by atoms with Gasteiger partial charge in [0.25, 0.3) is 0 Å². The quantitative estimate of drug-likeness (QED) is 0.332. The van der Waals surface area contributed by atoms with E-state index in [1.807, 2.05) is 12.1 Å². The Bertz CT molecular complexity index is 557. The van der Waals surface area contributed by atoms with Crippen molar-refractivity contribution >= 4 is 79.6 Å². The maximum absolute atomic E-state index is 3.60. The summed E-state index contributed by atoms with van der Waals surface area (Å²) in [5.74, 6) is 0. The fraction of sp³-hybridized carbons (Fsp3) is 0. The molecule has 0 amide bonds. The molecule has 2 aromatic carbocycles. The zero-order valence-corrected chi connectivity index (χ0v) is 16.2. The summed E-state index contributed by atoms with van der Waals surface area (Å²) in [6, 6.07) is 10.3. The fourth-order valence-electron chi connectivity index (χ4n) is 1.48. The van der Waals surface area contributed by atoms with Crippen molar-refractivity contribution in [3.63, 3.8) is 0 Å². The first-order valence-corrected chi connectivity index (χ1v) is 8.55. The van der Waals surface area contributed by atoms with Gasteiger partial charge in [-0.15, -0.1) is 0 Å². The monoisotopic (exact) mass is 544 g/mol. The second-order valence-corrected chi connectivity index (χ2v) is 7.80. The molecule has 0 nitrogen and oxygen atoms in total. The zero-order valence-electron chi connectivity index (χ0n) is 8.28. The van der Waals surface area contributed by atoms with Crippen LogP contribution in [0.3, 0.4) is 0 Å². The molecule has 17 heavy (non-hydrogen) atoms. The number of hydrogen-bond donors (Lipinski definition) is 0. The highest BCUT2D eigenvalue weighted by Gasteiger charge is 2.09. The highest BCUT2D eigenvalue weighted by molar-refractivity contribution is 9.13. The van der Waals surface area contributed by atoms with Crippen molar-refractivity contribution in [1.82, 2.24) is 0 Å². The molecule has 0 atom stereocenters. The third-order valence-corrected chi connectivity index (χ3v) is 5.55. The Hall–Kier alpha value is 0.840. The first kappa shape index (κ1) is 14.3.